The minimum absolute atomic E-state index is 0.0156. The Hall–Kier alpha value is -19.8. The monoisotopic (exact) mass is 1870 g/mol. The third-order valence-electron chi connectivity index (χ3n) is 17.8. The molecule has 2 saturated heterocycles. The molecule has 4 fully saturated rings. The van der Waals surface area contributed by atoms with Crippen molar-refractivity contribution in [2.75, 3.05) is 26.3 Å². The van der Waals surface area contributed by atoms with Crippen molar-refractivity contribution in [3.8, 4) is 369 Å². The molecule has 5 aromatic rings. The number of nitrogens with zero attached hydrogens (tertiary/aromatic N) is 2. The fourth-order valence-corrected chi connectivity index (χ4v) is 18.7. The van der Waals surface area contributed by atoms with E-state index in [1.54, 1.807) is 6.92 Å². The smallest absolute Gasteiger partial charge is 0.338 e. The predicted molar refractivity (Wildman–Crippen MR) is 519 cm³/mol. The Morgan fingerprint density at radius 1 is 0.326 bits per heavy atom. The molecule has 2 aliphatic heterocycles. The lowest BCUT2D eigenvalue weighted by molar-refractivity contribution is -0.0752. The molecule has 0 amide bonds. The minimum Gasteiger partial charge on any atom is -0.478 e. The van der Waals surface area contributed by atoms with Crippen LogP contribution in [-0.4, -0.2) is 124 Å². The van der Waals surface area contributed by atoms with Crippen LogP contribution in [0.2, 0.25) is 0 Å². The number of carbonyl (C=O) groups is 4. The summed E-state index contributed by atoms with van der Waals surface area (Å²) in [5, 5.41) is 16.6. The van der Waals surface area contributed by atoms with Gasteiger partial charge in [0.1, 0.15) is 18.1 Å². The number of rotatable bonds is 14. The van der Waals surface area contributed by atoms with E-state index in [1.807, 2.05) is 30.3 Å². The van der Waals surface area contributed by atoms with Gasteiger partial charge in [0.25, 0.3) is 0 Å². The summed E-state index contributed by atoms with van der Waals surface area (Å²) in [4.78, 5) is 46.2. The number of hydrogen-bond acceptors (Lipinski definition) is 15. The summed E-state index contributed by atoms with van der Waals surface area (Å²) >= 11 is 0. The van der Waals surface area contributed by atoms with Gasteiger partial charge in [0.2, 0.25) is 20.0 Å². The Morgan fingerprint density at radius 2 is 0.551 bits per heavy atom. The number of carbonyl (C=O) groups excluding carboxylic acids is 2. The zero-order valence-corrected chi connectivity index (χ0v) is 76.0. The highest BCUT2D eigenvalue weighted by Crippen LogP contribution is 2.46. The highest BCUT2D eigenvalue weighted by molar-refractivity contribution is 7.92. The summed E-state index contributed by atoms with van der Waals surface area (Å²) in [7, 11) is -15.4. The summed E-state index contributed by atoms with van der Waals surface area (Å²) in [5.41, 5.74) is -0.816. The van der Waals surface area contributed by atoms with Crippen LogP contribution in [0.4, 0.5) is 0 Å². The number of ether oxygens (including phenoxy) is 3. The lowest BCUT2D eigenvalue weighted by atomic mass is 9.91. The average Bonchev–Trinajstić information content (AvgIpc) is 1.56. The number of benzene rings is 5. The molecule has 0 unspecified atom stereocenters. The lowest BCUT2D eigenvalue weighted by Crippen LogP contribution is -2.51. The Bertz CT molecular complexity index is 8160. The van der Waals surface area contributed by atoms with Crippen molar-refractivity contribution in [1.82, 2.24) is 8.61 Å². The van der Waals surface area contributed by atoms with Crippen LogP contribution in [-0.2, 0) is 60.5 Å². The molecule has 0 aromatic heterocycles. The van der Waals surface area contributed by atoms with E-state index in [4.69, 9.17) is 43.7 Å². The van der Waals surface area contributed by atoms with E-state index in [0.29, 0.717) is 5.56 Å². The summed E-state index contributed by atoms with van der Waals surface area (Å²) in [5.74, 6) is 142. The second-order valence-corrected chi connectivity index (χ2v) is 34.3. The standard InChI is InChI=1S/C42H2.C30H31NO8S2.C22H23NO9S2.C21H4/c1-3-5-7-9-11-13-15-17-19-21-23-25-27-29-31-33-35-37-39-41-42-40-38-36-34-32-30-28-26-24-22-20-18-16-14-12-10-8-6-4-2;1-22(32)24-7-13-28(14-8-24)41(36,37)31-19-20-39-30(31)17-15-27(16-18-30)40(34,35)26-11-9-25(10-12-26)29(33)38-21-23-5-3-2-4-6-23;24-20(25)15-1-5-17(6-2-15)33(28,29)18-9-11-22(12-10-18)23(13-14-32-22)34(30,31)19-7-3-16(4-8-19)21(26)27;1-3-5-7-9-11-13-15-17-19-21-20-18-16-14-12-10-8-6-4-2/h1-2H;2-14,27H,15-21H2,1H3;1-8,18H,9-14H2,(H,24,25)(H,26,27);1H,2H3. The van der Waals surface area contributed by atoms with Gasteiger partial charge in [0.15, 0.2) is 25.5 Å². The second kappa shape index (κ2) is 59.4. The molecule has 5 aromatic carbocycles. The van der Waals surface area contributed by atoms with Crippen molar-refractivity contribution in [3.63, 3.8) is 0 Å². The van der Waals surface area contributed by atoms with Crippen molar-refractivity contribution >= 4 is 63.4 Å². The fraction of sp³-hybridized carbons (Fsp3) is 0.165. The number of esters is 1. The first-order valence-electron chi connectivity index (χ1n) is 39.5. The average molecular weight is 1870 g/mol. The predicted octanol–water partition coefficient (Wildman–Crippen LogP) is 7.58. The number of ketones is 1. The first kappa shape index (κ1) is 107. The van der Waals surface area contributed by atoms with Gasteiger partial charge in [-0.25, -0.2) is 48.1 Å². The molecule has 656 valence electrons. The second-order valence-electron chi connectivity index (χ2n) is 26.1. The quantitative estimate of drug-likeness (QED) is 0.0615. The maximum atomic E-state index is 13.5. The van der Waals surface area contributed by atoms with Gasteiger partial charge in [-0.2, -0.15) is 8.61 Å². The molecule has 0 radical (unpaired) electrons. The molecule has 19 nitrogen and oxygen atoms in total. The van der Waals surface area contributed by atoms with E-state index < -0.39 is 79.6 Å². The number of aromatic carboxylic acids is 2. The van der Waals surface area contributed by atoms with Crippen LogP contribution in [0, 0.1) is 369 Å². The van der Waals surface area contributed by atoms with Gasteiger partial charge in [-0.1, -0.05) is 48.4 Å². The summed E-state index contributed by atoms with van der Waals surface area (Å²) < 4.78 is 126. The number of hydrogen-bond donors (Lipinski definition) is 2. The SMILES string of the molecule is C#CC#CC#CC#CC#CC#CC#CC#CC#CC#CC.C#CC#CC#CC#CC#CC#CC#CC#CC#CC#CC#CC#CC#CC#CC#CC#CC#CC#CC#CC#CC#C.CC(=O)c1ccc(S(=O)(=O)N2CCOC23CCC(S(=O)(=O)c2ccc(C(=O)OCc4ccccc4)cc2)CC3)cc1.O=C(O)c1ccc(S(=O)(=O)C2CCC3(CC2)OCCN3S(=O)(=O)c2ccc(C(=O)O)cc2)cc1. The van der Waals surface area contributed by atoms with E-state index in [2.05, 4.69) is 349 Å². The van der Waals surface area contributed by atoms with E-state index >= 15 is 0 Å². The molecule has 0 atom stereocenters. The number of carboxylic acids is 2. The molecule has 23 heteroatoms. The highest BCUT2D eigenvalue weighted by Gasteiger charge is 2.54. The van der Waals surface area contributed by atoms with Crippen molar-refractivity contribution in [3.05, 3.63) is 155 Å². The van der Waals surface area contributed by atoms with Crippen LogP contribution in [0.25, 0.3) is 0 Å². The molecule has 2 N–H and O–H groups in total. The minimum atomic E-state index is -4.00. The van der Waals surface area contributed by atoms with Crippen molar-refractivity contribution < 1.29 is 77.3 Å². The van der Waals surface area contributed by atoms with Crippen LogP contribution in [0.15, 0.2) is 147 Å². The normalized spacial score (nSPS) is 14.0. The van der Waals surface area contributed by atoms with Crippen LogP contribution in [0.3, 0.4) is 0 Å². The van der Waals surface area contributed by atoms with Crippen molar-refractivity contribution in [2.24, 2.45) is 0 Å². The van der Waals surface area contributed by atoms with Crippen LogP contribution in [0.5, 0.6) is 0 Å². The fourth-order valence-electron chi connectivity index (χ4n) is 11.8. The molecule has 2 heterocycles. The number of Topliss-reactive ketones (excluding diaryl/α,β-unsaturated/α-hetero) is 1. The molecule has 2 aliphatic carbocycles. The van der Waals surface area contributed by atoms with Crippen LogP contribution >= 0.6 is 0 Å². The van der Waals surface area contributed by atoms with Gasteiger partial charge in [-0.15, -0.1) is 19.3 Å². The van der Waals surface area contributed by atoms with Gasteiger partial charge in [0.05, 0.1) is 60.0 Å². The molecular weight excluding hydrogens is 1810 g/mol. The van der Waals surface area contributed by atoms with Gasteiger partial charge < -0.3 is 24.4 Å². The largest absolute Gasteiger partial charge is 0.478 e. The summed E-state index contributed by atoms with van der Waals surface area (Å²) in [6, 6.07) is 30.7. The van der Waals surface area contributed by atoms with Gasteiger partial charge in [-0.3, -0.25) is 4.79 Å². The Kier molecular flexibility index (Phi) is 46.0. The molecule has 9 rings (SSSR count). The van der Waals surface area contributed by atoms with Crippen LogP contribution < -0.4 is 0 Å². The van der Waals surface area contributed by atoms with Crippen LogP contribution in [0.1, 0.15) is 112 Å². The number of terminal acetylenes is 3. The third-order valence-corrected chi connectivity index (χ3v) is 26.3. The maximum Gasteiger partial charge on any atom is 0.338 e. The van der Waals surface area contributed by atoms with Crippen molar-refractivity contribution in [2.45, 2.75) is 113 Å². The Morgan fingerprint density at radius 3 is 0.783 bits per heavy atom. The zero-order valence-electron chi connectivity index (χ0n) is 72.7. The van der Waals surface area contributed by atoms with Gasteiger partial charge in [0, 0.05) is 173 Å². The molecular formula is C115H60N2O17S4. The lowest BCUT2D eigenvalue weighted by Gasteiger charge is -2.41. The first-order valence-corrected chi connectivity index (χ1v) is 45.5. The topological polar surface area (TPSA) is 279 Å². The molecule has 4 aliphatic rings. The molecule has 2 spiro atoms. The highest BCUT2D eigenvalue weighted by atomic mass is 32.2. The Labute approximate surface area is 807 Å². The van der Waals surface area contributed by atoms with Gasteiger partial charge in [-0.05, 0) is 345 Å². The number of sulfone groups is 2. The first-order chi connectivity index (χ1) is 66.8. The summed E-state index contributed by atoms with van der Waals surface area (Å²) in [6.45, 7) is 3.87. The van der Waals surface area contributed by atoms with E-state index in [0.717, 1.165) is 5.56 Å². The Balaban J connectivity index is 0.000000290. The molecule has 138 heavy (non-hydrogen) atoms. The maximum absolute atomic E-state index is 13.5. The molecule has 2 saturated carbocycles. The van der Waals surface area contributed by atoms with E-state index in [-0.39, 0.29) is 126 Å². The third kappa shape index (κ3) is 37.0. The number of carboxylic acid groups (broad SMARTS) is 2. The number of sulfonamides is 2. The van der Waals surface area contributed by atoms with Crippen molar-refractivity contribution in [1.29, 1.82) is 0 Å². The molecule has 0 bridgehead atoms. The zero-order chi connectivity index (χ0) is 99.7. The van der Waals surface area contributed by atoms with E-state index in [1.165, 1.54) is 113 Å². The van der Waals surface area contributed by atoms with E-state index in [9.17, 15) is 52.8 Å². The summed E-state index contributed by atoms with van der Waals surface area (Å²) in [6.07, 6.45) is 16.4. The van der Waals surface area contributed by atoms with Gasteiger partial charge >= 0.3 is 17.9 Å².